The summed E-state index contributed by atoms with van der Waals surface area (Å²) in [5.74, 6) is 1.61. The van der Waals surface area contributed by atoms with Crippen LogP contribution < -0.4 is 10.6 Å². The fourth-order valence-corrected chi connectivity index (χ4v) is 2.01. The quantitative estimate of drug-likeness (QED) is 0.397. The van der Waals surface area contributed by atoms with Crippen LogP contribution in [-0.4, -0.2) is 74.1 Å². The molecule has 0 amide bonds. The van der Waals surface area contributed by atoms with Crippen LogP contribution >= 0.6 is 24.0 Å². The summed E-state index contributed by atoms with van der Waals surface area (Å²) >= 11 is 0. The Kier molecular flexibility index (Phi) is 8.13. The van der Waals surface area contributed by atoms with Crippen molar-refractivity contribution in [2.45, 2.75) is 19.8 Å². The lowest BCUT2D eigenvalue weighted by atomic mass is 10.4. The van der Waals surface area contributed by atoms with Gasteiger partial charge < -0.3 is 10.6 Å². The van der Waals surface area contributed by atoms with Crippen molar-refractivity contribution in [2.24, 2.45) is 20.2 Å². The van der Waals surface area contributed by atoms with Gasteiger partial charge in [0.2, 0.25) is 11.9 Å². The zero-order chi connectivity index (χ0) is 15.1. The van der Waals surface area contributed by atoms with Gasteiger partial charge in [0.15, 0.2) is 0 Å². The highest BCUT2D eigenvalue weighted by Crippen LogP contribution is 1.96. The summed E-state index contributed by atoms with van der Waals surface area (Å²) in [7, 11) is 3.75. The summed E-state index contributed by atoms with van der Waals surface area (Å²) in [6.07, 6.45) is 3.86. The van der Waals surface area contributed by atoms with E-state index in [4.69, 9.17) is 0 Å². The normalized spacial score (nSPS) is 18.6. The van der Waals surface area contributed by atoms with Crippen molar-refractivity contribution in [3.63, 3.8) is 0 Å². The molecule has 0 saturated heterocycles. The molecule has 8 nitrogen and oxygen atoms in total. The molecule has 2 aliphatic rings. The van der Waals surface area contributed by atoms with Gasteiger partial charge in [-0.3, -0.25) is 9.98 Å². The lowest BCUT2D eigenvalue weighted by molar-refractivity contribution is 0.497. The van der Waals surface area contributed by atoms with Crippen molar-refractivity contribution < 1.29 is 0 Å². The van der Waals surface area contributed by atoms with Gasteiger partial charge in [-0.2, -0.15) is 10.2 Å². The zero-order valence-corrected chi connectivity index (χ0v) is 15.7. The van der Waals surface area contributed by atoms with E-state index in [1.165, 1.54) is 0 Å². The lowest BCUT2D eigenvalue weighted by Crippen LogP contribution is -2.40. The smallest absolute Gasteiger partial charge is 0.214 e. The second kappa shape index (κ2) is 9.59. The molecule has 0 unspecified atom stereocenters. The van der Waals surface area contributed by atoms with E-state index in [-0.39, 0.29) is 24.0 Å². The van der Waals surface area contributed by atoms with Gasteiger partial charge in [-0.05, 0) is 19.8 Å². The highest BCUT2D eigenvalue weighted by molar-refractivity contribution is 14.0. The highest BCUT2D eigenvalue weighted by atomic mass is 127. The van der Waals surface area contributed by atoms with Gasteiger partial charge in [-0.25, -0.2) is 10.0 Å². The van der Waals surface area contributed by atoms with Gasteiger partial charge in [0.05, 0.1) is 11.9 Å². The van der Waals surface area contributed by atoms with E-state index in [1.54, 1.807) is 16.2 Å². The Bertz CT molecular complexity index is 471. The number of hydrogen-bond donors (Lipinski definition) is 2. The number of nitrogens with zero attached hydrogens (tertiary/aromatic N) is 6. The molecular weight excluding hydrogens is 395 g/mol. The molecule has 0 aliphatic carbocycles. The van der Waals surface area contributed by atoms with Crippen molar-refractivity contribution in [1.29, 1.82) is 0 Å². The second-order valence-electron chi connectivity index (χ2n) is 5.00. The Morgan fingerprint density at radius 3 is 2.09 bits per heavy atom. The van der Waals surface area contributed by atoms with Gasteiger partial charge in [0.25, 0.3) is 0 Å². The van der Waals surface area contributed by atoms with E-state index >= 15 is 0 Å². The first kappa shape index (κ1) is 18.7. The minimum absolute atomic E-state index is 0. The van der Waals surface area contributed by atoms with Crippen LogP contribution in [-0.2, 0) is 0 Å². The van der Waals surface area contributed by atoms with Crippen LogP contribution in [0.4, 0.5) is 0 Å². The first-order chi connectivity index (χ1) is 10.2. The summed E-state index contributed by atoms with van der Waals surface area (Å²) in [4.78, 5) is 8.77. The average molecular weight is 420 g/mol. The molecule has 2 aliphatic heterocycles. The highest BCUT2D eigenvalue weighted by Gasteiger charge is 2.09. The molecule has 0 fully saturated rings. The van der Waals surface area contributed by atoms with Crippen molar-refractivity contribution in [3.05, 3.63) is 0 Å². The van der Waals surface area contributed by atoms with Gasteiger partial charge in [0.1, 0.15) is 0 Å². The largest absolute Gasteiger partial charge is 0.355 e. The topological polar surface area (TPSA) is 80.0 Å². The van der Waals surface area contributed by atoms with Crippen molar-refractivity contribution in [1.82, 2.24) is 20.7 Å². The van der Waals surface area contributed by atoms with Crippen molar-refractivity contribution in [2.75, 3.05) is 40.3 Å². The Morgan fingerprint density at radius 2 is 1.59 bits per heavy atom. The monoisotopic (exact) mass is 420 g/mol. The molecule has 0 aromatic heterocycles. The number of hydrazone groups is 2. The number of rotatable bonds is 3. The van der Waals surface area contributed by atoms with Crippen molar-refractivity contribution in [3.8, 4) is 0 Å². The summed E-state index contributed by atoms with van der Waals surface area (Å²) < 4.78 is 0. The van der Waals surface area contributed by atoms with E-state index in [0.29, 0.717) is 0 Å². The van der Waals surface area contributed by atoms with Gasteiger partial charge in [0, 0.05) is 40.3 Å². The van der Waals surface area contributed by atoms with E-state index < -0.39 is 0 Å². The molecule has 0 aromatic carbocycles. The predicted molar refractivity (Wildman–Crippen MR) is 102 cm³/mol. The SMILES string of the molecule is CC(C=NN(C)C1=NCCCN1)=NN(C)C1=NCCCN1.I. The van der Waals surface area contributed by atoms with Crippen LogP contribution in [0, 0.1) is 0 Å². The van der Waals surface area contributed by atoms with Crippen LogP contribution in [0.1, 0.15) is 19.8 Å². The predicted octanol–water partition coefficient (Wildman–Crippen LogP) is 0.528. The molecule has 2 N–H and O–H groups in total. The minimum atomic E-state index is 0. The zero-order valence-electron chi connectivity index (χ0n) is 13.4. The van der Waals surface area contributed by atoms with Crippen LogP contribution in [0.2, 0.25) is 0 Å². The van der Waals surface area contributed by atoms with E-state index in [1.807, 2.05) is 21.0 Å². The Hall–Kier alpha value is -1.39. The lowest BCUT2D eigenvalue weighted by Gasteiger charge is -2.21. The average Bonchev–Trinajstić information content (AvgIpc) is 2.54. The Balaban J connectivity index is 0.00000242. The molecular formula is C13H25IN8. The third-order valence-electron chi connectivity index (χ3n) is 3.10. The molecule has 22 heavy (non-hydrogen) atoms. The van der Waals surface area contributed by atoms with Gasteiger partial charge in [-0.15, -0.1) is 24.0 Å². The first-order valence-electron chi connectivity index (χ1n) is 7.30. The molecule has 0 aromatic rings. The van der Waals surface area contributed by atoms with E-state index in [0.717, 1.165) is 56.7 Å². The summed E-state index contributed by atoms with van der Waals surface area (Å²) in [5.41, 5.74) is 0.802. The molecule has 0 radical (unpaired) electrons. The third kappa shape index (κ3) is 5.78. The summed E-state index contributed by atoms with van der Waals surface area (Å²) in [6.45, 7) is 5.50. The standard InChI is InChI=1S/C13H24N8.HI/c1-11(19-21(3)13-16-8-5-9-17-13)10-18-20(2)12-14-6-4-7-15-12;/h10H,4-9H2,1-3H3,(H,14,15)(H,16,17);1H. The number of halogens is 1. The van der Waals surface area contributed by atoms with Gasteiger partial charge >= 0.3 is 0 Å². The number of nitrogens with one attached hydrogen (secondary N) is 2. The van der Waals surface area contributed by atoms with Crippen LogP contribution in [0.25, 0.3) is 0 Å². The fourth-order valence-electron chi connectivity index (χ4n) is 2.01. The Morgan fingerprint density at radius 1 is 1.05 bits per heavy atom. The number of aliphatic imine (C=N–C) groups is 2. The number of hydrogen-bond acceptors (Lipinski definition) is 8. The van der Waals surface area contributed by atoms with E-state index in [2.05, 4.69) is 30.8 Å². The molecule has 0 bridgehead atoms. The second-order valence-corrected chi connectivity index (χ2v) is 5.00. The molecule has 124 valence electrons. The van der Waals surface area contributed by atoms with Crippen molar-refractivity contribution >= 4 is 47.8 Å². The minimum Gasteiger partial charge on any atom is -0.355 e. The fraction of sp³-hybridized carbons (Fsp3) is 0.692. The van der Waals surface area contributed by atoms with Crippen LogP contribution in [0.3, 0.4) is 0 Å². The van der Waals surface area contributed by atoms with E-state index in [9.17, 15) is 0 Å². The third-order valence-corrected chi connectivity index (χ3v) is 3.10. The first-order valence-corrected chi connectivity index (χ1v) is 7.30. The van der Waals surface area contributed by atoms with Gasteiger partial charge in [-0.1, -0.05) is 0 Å². The molecule has 0 saturated carbocycles. The maximum absolute atomic E-state index is 4.44. The number of guanidine groups is 2. The molecule has 2 rings (SSSR count). The molecule has 0 spiro atoms. The Labute approximate surface area is 148 Å². The van der Waals surface area contributed by atoms with Crippen LogP contribution in [0.5, 0.6) is 0 Å². The summed E-state index contributed by atoms with van der Waals surface area (Å²) in [5, 5.41) is 18.7. The molecule has 9 heteroatoms. The molecule has 2 heterocycles. The maximum Gasteiger partial charge on any atom is 0.214 e. The van der Waals surface area contributed by atoms with Crippen LogP contribution in [0.15, 0.2) is 20.2 Å². The maximum atomic E-state index is 4.44. The summed E-state index contributed by atoms with van der Waals surface area (Å²) in [6, 6.07) is 0. The molecule has 0 atom stereocenters.